The predicted molar refractivity (Wildman–Crippen MR) is 64.5 cm³/mol. The van der Waals surface area contributed by atoms with Gasteiger partial charge in [0.15, 0.2) is 5.82 Å². The van der Waals surface area contributed by atoms with Crippen LogP contribution in [-0.4, -0.2) is 14.8 Å². The first kappa shape index (κ1) is 10.3. The van der Waals surface area contributed by atoms with Crippen LogP contribution in [0.25, 0.3) is 5.82 Å². The van der Waals surface area contributed by atoms with Crippen LogP contribution in [0, 0.1) is 0 Å². The molecule has 0 saturated heterocycles. The Balaban J connectivity index is 2.52. The quantitative estimate of drug-likeness (QED) is 0.756. The summed E-state index contributed by atoms with van der Waals surface area (Å²) in [7, 11) is 0. The lowest BCUT2D eigenvalue weighted by Crippen LogP contribution is -1.98. The van der Waals surface area contributed by atoms with Gasteiger partial charge in [0.05, 0.1) is 4.47 Å². The van der Waals surface area contributed by atoms with E-state index in [4.69, 9.17) is 0 Å². The Bertz CT molecular complexity index is 467. The van der Waals surface area contributed by atoms with E-state index in [0.29, 0.717) is 0 Å². The van der Waals surface area contributed by atoms with E-state index in [2.05, 4.69) is 57.9 Å². The van der Waals surface area contributed by atoms with Crippen molar-refractivity contribution in [1.82, 2.24) is 14.8 Å². The third kappa shape index (κ3) is 2.07. The number of pyridine rings is 1. The van der Waals surface area contributed by atoms with Gasteiger partial charge in [-0.15, -0.1) is 0 Å². The van der Waals surface area contributed by atoms with Gasteiger partial charge in [0.25, 0.3) is 0 Å². The fraction of sp³-hybridized carbons (Fsp3) is 0. The van der Waals surface area contributed by atoms with Crippen molar-refractivity contribution < 1.29 is 0 Å². The van der Waals surface area contributed by atoms with Gasteiger partial charge in [-0.1, -0.05) is 0 Å². The Hall–Kier alpha value is -0.200. The van der Waals surface area contributed by atoms with E-state index in [1.807, 2.05) is 18.3 Å². The molecule has 0 aliphatic carbocycles. The molecule has 0 radical (unpaired) electrons. The van der Waals surface area contributed by atoms with Crippen molar-refractivity contribution in [2.75, 3.05) is 0 Å². The Kier molecular flexibility index (Phi) is 3.04. The van der Waals surface area contributed by atoms with Crippen molar-refractivity contribution in [3.05, 3.63) is 38.1 Å². The molecule has 0 spiro atoms. The molecule has 14 heavy (non-hydrogen) atoms. The fourth-order valence-electron chi connectivity index (χ4n) is 0.996. The van der Waals surface area contributed by atoms with E-state index in [9.17, 15) is 0 Å². The van der Waals surface area contributed by atoms with Gasteiger partial charge in [-0.3, -0.25) is 0 Å². The molecule has 0 aliphatic rings. The smallest absolute Gasteiger partial charge is 0.167 e. The first-order valence-electron chi connectivity index (χ1n) is 3.69. The van der Waals surface area contributed by atoms with Gasteiger partial charge in [-0.25, -0.2) is 9.67 Å². The first-order chi connectivity index (χ1) is 6.66. The number of aromatic nitrogens is 3. The summed E-state index contributed by atoms with van der Waals surface area (Å²) in [6, 6.07) is 3.79. The molecule has 0 aliphatic heterocycles. The summed E-state index contributed by atoms with van der Waals surface area (Å²) < 4.78 is 4.30. The van der Waals surface area contributed by atoms with Crippen LogP contribution in [-0.2, 0) is 0 Å². The maximum absolute atomic E-state index is 4.25. The summed E-state index contributed by atoms with van der Waals surface area (Å²) in [6.07, 6.45) is 3.57. The average molecular weight is 382 g/mol. The van der Waals surface area contributed by atoms with Crippen LogP contribution in [0.2, 0.25) is 0 Å². The van der Waals surface area contributed by atoms with Crippen molar-refractivity contribution in [2.45, 2.75) is 0 Å². The standard InChI is InChI=1S/C8H4Br3N3/c9-5-3-6(10)8(12-4-5)14-2-1-7(11)13-14/h1-4H. The third-order valence-corrected chi connectivity index (χ3v) is 3.00. The molecular weight excluding hydrogens is 378 g/mol. The van der Waals surface area contributed by atoms with E-state index in [0.717, 1.165) is 19.4 Å². The summed E-state index contributed by atoms with van der Waals surface area (Å²) in [4.78, 5) is 4.25. The molecule has 72 valence electrons. The molecule has 0 unspecified atom stereocenters. The lowest BCUT2D eigenvalue weighted by atomic mass is 10.5. The molecule has 0 amide bonds. The van der Waals surface area contributed by atoms with Crippen LogP contribution < -0.4 is 0 Å². The highest BCUT2D eigenvalue weighted by Crippen LogP contribution is 2.22. The van der Waals surface area contributed by atoms with Crippen molar-refractivity contribution in [3.63, 3.8) is 0 Å². The van der Waals surface area contributed by atoms with Gasteiger partial charge in [0.2, 0.25) is 0 Å². The SMILES string of the molecule is Brc1cnc(-n2ccc(Br)n2)c(Br)c1. The van der Waals surface area contributed by atoms with E-state index in [1.165, 1.54) is 0 Å². The van der Waals surface area contributed by atoms with Crippen LogP contribution in [0.5, 0.6) is 0 Å². The lowest BCUT2D eigenvalue weighted by molar-refractivity contribution is 0.832. The van der Waals surface area contributed by atoms with E-state index >= 15 is 0 Å². The van der Waals surface area contributed by atoms with Gasteiger partial charge in [0, 0.05) is 16.9 Å². The maximum atomic E-state index is 4.25. The number of rotatable bonds is 1. The highest BCUT2D eigenvalue weighted by molar-refractivity contribution is 9.11. The van der Waals surface area contributed by atoms with Crippen molar-refractivity contribution in [2.24, 2.45) is 0 Å². The Morgan fingerprint density at radius 1 is 1.21 bits per heavy atom. The second-order valence-corrected chi connectivity index (χ2v) is 5.12. The molecule has 6 heteroatoms. The van der Waals surface area contributed by atoms with Crippen molar-refractivity contribution in [1.29, 1.82) is 0 Å². The van der Waals surface area contributed by atoms with E-state index < -0.39 is 0 Å². The zero-order valence-corrected chi connectivity index (χ0v) is 11.5. The van der Waals surface area contributed by atoms with Crippen LogP contribution in [0.4, 0.5) is 0 Å². The van der Waals surface area contributed by atoms with Gasteiger partial charge >= 0.3 is 0 Å². The average Bonchev–Trinajstić information content (AvgIpc) is 2.51. The van der Waals surface area contributed by atoms with Crippen LogP contribution in [0.1, 0.15) is 0 Å². The highest BCUT2D eigenvalue weighted by Gasteiger charge is 2.05. The molecule has 2 rings (SSSR count). The molecule has 0 aromatic carbocycles. The van der Waals surface area contributed by atoms with Gasteiger partial charge in [-0.05, 0) is 59.9 Å². The molecule has 3 nitrogen and oxygen atoms in total. The number of halogens is 3. The zero-order chi connectivity index (χ0) is 10.1. The van der Waals surface area contributed by atoms with Crippen LogP contribution in [0.15, 0.2) is 38.1 Å². The molecule has 0 fully saturated rings. The molecule has 0 bridgehead atoms. The third-order valence-electron chi connectivity index (χ3n) is 1.56. The molecular formula is C8H4Br3N3. The summed E-state index contributed by atoms with van der Waals surface area (Å²) >= 11 is 10.1. The monoisotopic (exact) mass is 379 g/mol. The van der Waals surface area contributed by atoms with Crippen molar-refractivity contribution >= 4 is 47.8 Å². The second-order valence-electron chi connectivity index (χ2n) is 2.54. The Labute approximate surface area is 106 Å². The summed E-state index contributed by atoms with van der Waals surface area (Å²) in [5.74, 6) is 0.763. The number of hydrogen-bond donors (Lipinski definition) is 0. The minimum Gasteiger partial charge on any atom is -0.235 e. The minimum atomic E-state index is 0.763. The lowest BCUT2D eigenvalue weighted by Gasteiger charge is -2.02. The topological polar surface area (TPSA) is 30.7 Å². The largest absolute Gasteiger partial charge is 0.235 e. The molecule has 0 saturated carbocycles. The van der Waals surface area contributed by atoms with Crippen LogP contribution in [0.3, 0.4) is 0 Å². The van der Waals surface area contributed by atoms with Gasteiger partial charge < -0.3 is 0 Å². The second kappa shape index (κ2) is 4.12. The molecule has 0 atom stereocenters. The van der Waals surface area contributed by atoms with Gasteiger partial charge in [0.1, 0.15) is 4.60 Å². The molecule has 2 aromatic rings. The van der Waals surface area contributed by atoms with E-state index in [1.54, 1.807) is 10.9 Å². The zero-order valence-electron chi connectivity index (χ0n) is 6.78. The fourth-order valence-corrected chi connectivity index (χ4v) is 2.45. The van der Waals surface area contributed by atoms with Crippen LogP contribution >= 0.6 is 47.8 Å². The number of nitrogens with zero attached hydrogens (tertiary/aromatic N) is 3. The summed E-state index contributed by atoms with van der Waals surface area (Å²) in [5.41, 5.74) is 0. The molecule has 2 aromatic heterocycles. The minimum absolute atomic E-state index is 0.763. The van der Waals surface area contributed by atoms with Gasteiger partial charge in [-0.2, -0.15) is 5.10 Å². The maximum Gasteiger partial charge on any atom is 0.167 e. The normalized spacial score (nSPS) is 10.5. The summed E-state index contributed by atoms with van der Waals surface area (Å²) in [6.45, 7) is 0. The molecule has 2 heterocycles. The highest BCUT2D eigenvalue weighted by atomic mass is 79.9. The predicted octanol–water partition coefficient (Wildman–Crippen LogP) is 3.55. The first-order valence-corrected chi connectivity index (χ1v) is 6.07. The molecule has 0 N–H and O–H groups in total. The Morgan fingerprint density at radius 3 is 2.57 bits per heavy atom. The summed E-state index contributed by atoms with van der Waals surface area (Å²) in [5, 5.41) is 4.20. The number of hydrogen-bond acceptors (Lipinski definition) is 2. The van der Waals surface area contributed by atoms with Crippen molar-refractivity contribution in [3.8, 4) is 5.82 Å². The van der Waals surface area contributed by atoms with E-state index in [-0.39, 0.29) is 0 Å². The Morgan fingerprint density at radius 2 is 2.00 bits per heavy atom.